The molecule has 22 nitrogen and oxygen atoms in total. The Kier molecular flexibility index (Phi) is 24.7. The van der Waals surface area contributed by atoms with Crippen molar-refractivity contribution in [3.63, 3.8) is 0 Å². The second kappa shape index (κ2) is 31.0. The Bertz CT molecular complexity index is 2770. The van der Waals surface area contributed by atoms with Gasteiger partial charge in [0.1, 0.15) is 48.0 Å². The van der Waals surface area contributed by atoms with Crippen molar-refractivity contribution in [2.24, 2.45) is 22.9 Å². The average molecular weight is 1170 g/mol. The number of nitrogens with one attached hydrogen (secondary N) is 7. The molecule has 0 spiro atoms. The molecule has 1 aliphatic heterocycles. The molecule has 26 heteroatoms. The number of carbonyl (C=O) groups is 9. The summed E-state index contributed by atoms with van der Waals surface area (Å²) in [5, 5.41) is 40.1. The Morgan fingerprint density at radius 2 is 1.14 bits per heavy atom. The molecule has 5 rings (SSSR count). The fraction of sp³-hybridized carbons (Fsp3) is 0.377. The monoisotopic (exact) mass is 1170 g/mol. The van der Waals surface area contributed by atoms with E-state index in [-0.39, 0.29) is 67.9 Å². The van der Waals surface area contributed by atoms with Crippen LogP contribution in [0.4, 0.5) is 0 Å². The van der Waals surface area contributed by atoms with E-state index < -0.39 is 108 Å². The van der Waals surface area contributed by atoms with Crippen molar-refractivity contribution in [2.75, 3.05) is 18.1 Å². The smallest absolute Gasteiger partial charge is 0.248 e. The Labute approximate surface area is 474 Å². The number of hydrogen-bond donors (Lipinski definition) is 13. The van der Waals surface area contributed by atoms with Gasteiger partial charge in [-0.3, -0.25) is 43.2 Å². The molecular formula is C53H65Cl2N11O11S2. The summed E-state index contributed by atoms with van der Waals surface area (Å²) in [4.78, 5) is 125. The van der Waals surface area contributed by atoms with E-state index >= 15 is 0 Å². The molecule has 0 bridgehead atoms. The molecule has 0 radical (unpaired) electrons. The SMILES string of the molecule is C[C@@H](O)[C@@H]1NC(=O)[C@H](CCCCN)NC(=O)[C@@H](Cc2ccc(C(N)=O)cc2)NC(=O)[C@H](Cc2ccc(Cl)cc2)NC(=O)[C@H](NC(=O)[C@@H](N)Cc2ccc(Cl)cc2)CSSC[C@@H](C(=O)NC(Cc2ccc(O)cc2)C(N)=O)NC1=O. The molecular weight excluding hydrogens is 1100 g/mol. The molecule has 1 aliphatic rings. The number of hydrogen-bond acceptors (Lipinski definition) is 15. The van der Waals surface area contributed by atoms with Crippen LogP contribution in [0.1, 0.15) is 58.8 Å². The van der Waals surface area contributed by atoms with Crippen LogP contribution in [-0.2, 0) is 64.0 Å². The van der Waals surface area contributed by atoms with Crippen molar-refractivity contribution >= 4 is 98.0 Å². The van der Waals surface area contributed by atoms with Gasteiger partial charge in [0.25, 0.3) is 0 Å². The predicted molar refractivity (Wildman–Crippen MR) is 301 cm³/mol. The number of carbonyl (C=O) groups excluding carboxylic acids is 9. The number of halogens is 2. The van der Waals surface area contributed by atoms with Crippen molar-refractivity contribution in [3.8, 4) is 5.75 Å². The molecule has 1 fully saturated rings. The molecule has 79 heavy (non-hydrogen) atoms. The van der Waals surface area contributed by atoms with Crippen LogP contribution in [0.15, 0.2) is 97.1 Å². The first-order chi connectivity index (χ1) is 37.6. The second-order valence-corrected chi connectivity index (χ2v) is 22.2. The van der Waals surface area contributed by atoms with E-state index in [9.17, 15) is 53.4 Å². The molecule has 0 saturated carbocycles. The Hall–Kier alpha value is -6.93. The zero-order valence-electron chi connectivity index (χ0n) is 43.0. The van der Waals surface area contributed by atoms with Crippen LogP contribution in [0, 0.1) is 0 Å². The first-order valence-electron chi connectivity index (χ1n) is 25.1. The van der Waals surface area contributed by atoms with Crippen LogP contribution < -0.4 is 60.2 Å². The topological polar surface area (TPSA) is 382 Å². The minimum atomic E-state index is -1.75. The summed E-state index contributed by atoms with van der Waals surface area (Å²) in [6, 6.07) is 13.0. The lowest BCUT2D eigenvalue weighted by atomic mass is 10.00. The van der Waals surface area contributed by atoms with E-state index in [1.165, 1.54) is 55.5 Å². The Balaban J connectivity index is 1.57. The van der Waals surface area contributed by atoms with Crippen LogP contribution in [0.3, 0.4) is 0 Å². The largest absolute Gasteiger partial charge is 0.508 e. The average Bonchev–Trinajstić information content (AvgIpc) is 3.41. The molecule has 424 valence electrons. The third-order valence-electron chi connectivity index (χ3n) is 12.5. The summed E-state index contributed by atoms with van der Waals surface area (Å²) in [5.41, 5.74) is 25.7. The van der Waals surface area contributed by atoms with Crippen LogP contribution in [0.25, 0.3) is 0 Å². The van der Waals surface area contributed by atoms with Crippen molar-refractivity contribution < 1.29 is 53.4 Å². The van der Waals surface area contributed by atoms with E-state index in [4.69, 9.17) is 46.1 Å². The number of phenols is 1. The van der Waals surface area contributed by atoms with Gasteiger partial charge in [0.2, 0.25) is 53.2 Å². The van der Waals surface area contributed by atoms with Gasteiger partial charge in [-0.25, -0.2) is 0 Å². The van der Waals surface area contributed by atoms with Gasteiger partial charge >= 0.3 is 0 Å². The Morgan fingerprint density at radius 3 is 1.68 bits per heavy atom. The number of benzene rings is 4. The highest BCUT2D eigenvalue weighted by Crippen LogP contribution is 2.24. The van der Waals surface area contributed by atoms with E-state index in [0.717, 1.165) is 21.6 Å². The van der Waals surface area contributed by atoms with Crippen molar-refractivity contribution in [3.05, 3.63) is 135 Å². The first kappa shape index (κ1) is 62.9. The number of aliphatic hydroxyl groups is 1. The van der Waals surface area contributed by atoms with E-state index in [1.54, 1.807) is 48.5 Å². The molecule has 1 saturated heterocycles. The molecule has 1 unspecified atom stereocenters. The van der Waals surface area contributed by atoms with Gasteiger partial charge in [0, 0.05) is 46.4 Å². The molecule has 17 N–H and O–H groups in total. The third kappa shape index (κ3) is 20.4. The van der Waals surface area contributed by atoms with E-state index in [0.29, 0.717) is 38.7 Å². The number of nitrogens with two attached hydrogens (primary N) is 4. The highest BCUT2D eigenvalue weighted by Gasteiger charge is 2.36. The summed E-state index contributed by atoms with van der Waals surface area (Å²) in [6.45, 7) is 1.43. The molecule has 4 aromatic rings. The fourth-order valence-electron chi connectivity index (χ4n) is 8.02. The zero-order valence-corrected chi connectivity index (χ0v) is 46.1. The lowest BCUT2D eigenvalue weighted by Gasteiger charge is -2.29. The van der Waals surface area contributed by atoms with Crippen LogP contribution in [0.5, 0.6) is 5.75 Å². The van der Waals surface area contributed by atoms with Gasteiger partial charge in [0.15, 0.2) is 0 Å². The standard InChI is InChI=1S/C53H65Cl2N11O11S2/c1-28(67)44-53(77)65-43(51(75)61-39(46(59)70)23-32-11-19-36(68)20-12-32)27-79-78-26-42(64-47(71)37(57)22-29-7-15-34(54)16-8-29)52(76)63-41(25-31-9-17-35(55)18-10-31)50(74)62-40(24-30-5-13-33(14-6-30)45(58)69)49(73)60-38(48(72)66-44)4-2-3-21-56/h5-20,28,37-44,67-68H,2-4,21-27,56-57H2,1H3,(H2,58,69)(H2,59,70)(H,60,73)(H,61,75)(H,62,74)(H,63,76)(H,64,71)(H,65,77)(H,66,72)/t28-,37+,38+,39?,40-,41+,42-,43+,44+/m1/s1. The van der Waals surface area contributed by atoms with Gasteiger partial charge in [-0.1, -0.05) is 93.3 Å². The number of rotatable bonds is 19. The lowest BCUT2D eigenvalue weighted by molar-refractivity contribution is -0.136. The van der Waals surface area contributed by atoms with Gasteiger partial charge < -0.3 is 70.4 Å². The lowest BCUT2D eigenvalue weighted by Crippen LogP contribution is -2.62. The summed E-state index contributed by atoms with van der Waals surface area (Å²) >= 11 is 12.3. The molecule has 1 heterocycles. The summed E-state index contributed by atoms with van der Waals surface area (Å²) in [7, 11) is 1.92. The van der Waals surface area contributed by atoms with Gasteiger partial charge in [-0.05, 0) is 110 Å². The maximum atomic E-state index is 14.7. The summed E-state index contributed by atoms with van der Waals surface area (Å²) in [6.07, 6.45) is -1.46. The van der Waals surface area contributed by atoms with Crippen LogP contribution in [0.2, 0.25) is 10.0 Å². The Morgan fingerprint density at radius 1 is 0.646 bits per heavy atom. The predicted octanol–water partition coefficient (Wildman–Crippen LogP) is 0.180. The second-order valence-electron chi connectivity index (χ2n) is 18.8. The maximum absolute atomic E-state index is 14.7. The van der Waals surface area contributed by atoms with Gasteiger partial charge in [-0.2, -0.15) is 0 Å². The van der Waals surface area contributed by atoms with Crippen LogP contribution >= 0.6 is 44.8 Å². The molecule has 9 atom stereocenters. The van der Waals surface area contributed by atoms with E-state index in [1.807, 2.05) is 0 Å². The number of aliphatic hydroxyl groups excluding tert-OH is 1. The third-order valence-corrected chi connectivity index (χ3v) is 15.4. The molecule has 0 aliphatic carbocycles. The molecule has 4 aromatic carbocycles. The van der Waals surface area contributed by atoms with E-state index in [2.05, 4.69) is 37.2 Å². The number of primary amides is 2. The highest BCUT2D eigenvalue weighted by atomic mass is 35.5. The number of phenolic OH excluding ortho intramolecular Hbond substituents is 1. The normalized spacial score (nSPS) is 21.1. The van der Waals surface area contributed by atoms with Crippen LogP contribution in [-0.4, -0.2) is 136 Å². The molecule has 9 amide bonds. The van der Waals surface area contributed by atoms with Crippen molar-refractivity contribution in [2.45, 2.75) is 106 Å². The zero-order chi connectivity index (χ0) is 57.8. The fourth-order valence-corrected chi connectivity index (χ4v) is 10.6. The number of aromatic hydroxyl groups is 1. The minimum Gasteiger partial charge on any atom is -0.508 e. The number of amides is 9. The quantitative estimate of drug-likeness (QED) is 0.0440. The van der Waals surface area contributed by atoms with Gasteiger partial charge in [-0.15, -0.1) is 0 Å². The highest BCUT2D eigenvalue weighted by molar-refractivity contribution is 8.76. The summed E-state index contributed by atoms with van der Waals surface area (Å²) in [5.74, 6) is -8.55. The van der Waals surface area contributed by atoms with Gasteiger partial charge in [0.05, 0.1) is 12.1 Å². The van der Waals surface area contributed by atoms with Crippen molar-refractivity contribution in [1.29, 1.82) is 0 Å². The van der Waals surface area contributed by atoms with Crippen molar-refractivity contribution in [1.82, 2.24) is 37.2 Å². The maximum Gasteiger partial charge on any atom is 0.248 e. The number of unbranched alkanes of at least 4 members (excludes halogenated alkanes) is 1. The first-order valence-corrected chi connectivity index (χ1v) is 28.3. The summed E-state index contributed by atoms with van der Waals surface area (Å²) < 4.78 is 0. The molecule has 0 aromatic heterocycles. The minimum absolute atomic E-state index is 0.0346.